The molecule has 0 saturated carbocycles. The minimum Gasteiger partial charge on any atom is -0.353 e. The Morgan fingerprint density at radius 2 is 2.38 bits per heavy atom. The molecule has 1 atom stereocenters. The summed E-state index contributed by atoms with van der Waals surface area (Å²) in [7, 11) is 0. The van der Waals surface area contributed by atoms with Gasteiger partial charge >= 0.3 is 0 Å². The summed E-state index contributed by atoms with van der Waals surface area (Å²) < 4.78 is 0. The zero-order chi connectivity index (χ0) is 6.57. The summed E-state index contributed by atoms with van der Waals surface area (Å²) in [6.45, 7) is 8.71. The highest BCUT2D eigenvalue weighted by Crippen LogP contribution is 1.85. The zero-order valence-electron chi connectivity index (χ0n) is 5.27. The Balaban J connectivity index is 3.24. The topological polar surface area (TPSA) is 29.1 Å². The number of nitrogens with one attached hydrogen (secondary N) is 1. The number of amides is 1. The van der Waals surface area contributed by atoms with Crippen molar-refractivity contribution in [3.05, 3.63) is 6.92 Å². The summed E-state index contributed by atoms with van der Waals surface area (Å²) in [6.07, 6.45) is 0.920. The molecule has 0 saturated heterocycles. The molecule has 1 amide bonds. The first-order valence-electron chi connectivity index (χ1n) is 2.72. The van der Waals surface area contributed by atoms with Crippen LogP contribution in [-0.4, -0.2) is 11.9 Å². The van der Waals surface area contributed by atoms with Gasteiger partial charge in [-0.1, -0.05) is 6.92 Å². The second-order valence-corrected chi connectivity index (χ2v) is 1.82. The molecule has 0 aromatic rings. The number of hydrogen-bond acceptors (Lipinski definition) is 1. The Hall–Kier alpha value is -0.530. The first kappa shape index (κ1) is 7.47. The van der Waals surface area contributed by atoms with E-state index < -0.39 is 5.91 Å². The van der Waals surface area contributed by atoms with Crippen LogP contribution < -0.4 is 5.32 Å². The molecule has 0 aromatic carbocycles. The third kappa shape index (κ3) is 3.65. The molecule has 8 heavy (non-hydrogen) atoms. The average Bonchev–Trinajstić information content (AvgIpc) is 1.65. The van der Waals surface area contributed by atoms with Gasteiger partial charge in [0, 0.05) is 6.04 Å². The largest absolute Gasteiger partial charge is 0.353 e. The van der Waals surface area contributed by atoms with Gasteiger partial charge in [-0.2, -0.15) is 0 Å². The van der Waals surface area contributed by atoms with E-state index >= 15 is 0 Å². The Bertz CT molecular complexity index is 80.6. The first-order chi connectivity index (χ1) is 3.66. The van der Waals surface area contributed by atoms with Crippen LogP contribution in [0.2, 0.25) is 0 Å². The van der Waals surface area contributed by atoms with Crippen molar-refractivity contribution in [3.8, 4) is 0 Å². The molecule has 0 heterocycles. The molecular weight excluding hydrogens is 102 g/mol. The van der Waals surface area contributed by atoms with Crippen molar-refractivity contribution in [1.29, 1.82) is 0 Å². The maximum Gasteiger partial charge on any atom is 0.224 e. The van der Waals surface area contributed by atoms with Gasteiger partial charge in [-0.15, -0.1) is 0 Å². The number of hydrogen-bond donors (Lipinski definition) is 1. The molecule has 0 aromatic heterocycles. The Labute approximate surface area is 50.3 Å². The van der Waals surface area contributed by atoms with Crippen molar-refractivity contribution in [1.82, 2.24) is 5.32 Å². The number of carbonyl (C=O) groups is 1. The lowest BCUT2D eigenvalue weighted by Crippen LogP contribution is -2.29. The van der Waals surface area contributed by atoms with E-state index in [1.54, 1.807) is 0 Å². The third-order valence-corrected chi connectivity index (χ3v) is 1.00. The van der Waals surface area contributed by atoms with Crippen molar-refractivity contribution in [3.63, 3.8) is 0 Å². The van der Waals surface area contributed by atoms with Crippen LogP contribution in [0.5, 0.6) is 0 Å². The smallest absolute Gasteiger partial charge is 0.224 e. The van der Waals surface area contributed by atoms with Crippen LogP contribution in [0.25, 0.3) is 0 Å². The van der Waals surface area contributed by atoms with E-state index in [0.29, 0.717) is 0 Å². The SMILES string of the molecule is [CH]C(=O)NC(C)CC. The predicted octanol–water partition coefficient (Wildman–Crippen LogP) is 0.612. The van der Waals surface area contributed by atoms with Crippen LogP contribution in [0, 0.1) is 6.92 Å². The van der Waals surface area contributed by atoms with Crippen molar-refractivity contribution < 1.29 is 4.79 Å². The predicted molar refractivity (Wildman–Crippen MR) is 32.2 cm³/mol. The fourth-order valence-corrected chi connectivity index (χ4v) is 0.345. The molecule has 2 heteroatoms. The maximum atomic E-state index is 10.1. The Kier molecular flexibility index (Phi) is 3.24. The highest BCUT2D eigenvalue weighted by molar-refractivity contribution is 5.80. The highest BCUT2D eigenvalue weighted by Gasteiger charge is 1.96. The summed E-state index contributed by atoms with van der Waals surface area (Å²) in [5.41, 5.74) is 0. The molecule has 1 N–H and O–H groups in total. The fraction of sp³-hybridized carbons (Fsp3) is 0.667. The minimum absolute atomic E-state index is 0.201. The van der Waals surface area contributed by atoms with Gasteiger partial charge in [0.2, 0.25) is 5.91 Å². The molecule has 1 unspecified atom stereocenters. The molecule has 0 bridgehead atoms. The standard InChI is InChI=1S/C6H11NO/c1-4-5(2)7-6(3)8/h3,5H,4H2,1-2H3,(H,7,8). The lowest BCUT2D eigenvalue weighted by Gasteiger charge is -2.06. The van der Waals surface area contributed by atoms with Gasteiger partial charge in [-0.05, 0) is 13.3 Å². The monoisotopic (exact) mass is 113 g/mol. The zero-order valence-corrected chi connectivity index (χ0v) is 5.27. The van der Waals surface area contributed by atoms with E-state index in [9.17, 15) is 4.79 Å². The van der Waals surface area contributed by atoms with E-state index in [4.69, 9.17) is 6.92 Å². The van der Waals surface area contributed by atoms with Gasteiger partial charge in [0.15, 0.2) is 0 Å². The summed E-state index contributed by atoms with van der Waals surface area (Å²) in [5, 5.41) is 2.53. The van der Waals surface area contributed by atoms with Gasteiger partial charge < -0.3 is 5.32 Å². The second-order valence-electron chi connectivity index (χ2n) is 1.82. The lowest BCUT2D eigenvalue weighted by molar-refractivity contribution is -0.117. The molecule has 2 nitrogen and oxygen atoms in total. The minimum atomic E-state index is -0.445. The van der Waals surface area contributed by atoms with Crippen molar-refractivity contribution in [2.24, 2.45) is 0 Å². The summed E-state index contributed by atoms with van der Waals surface area (Å²) in [4.78, 5) is 10.1. The summed E-state index contributed by atoms with van der Waals surface area (Å²) >= 11 is 0. The molecule has 46 valence electrons. The maximum absolute atomic E-state index is 10.1. The second kappa shape index (κ2) is 3.47. The van der Waals surface area contributed by atoms with Crippen molar-refractivity contribution in [2.75, 3.05) is 0 Å². The lowest BCUT2D eigenvalue weighted by atomic mass is 10.3. The molecule has 0 fully saturated rings. The third-order valence-electron chi connectivity index (χ3n) is 1.00. The fourth-order valence-electron chi connectivity index (χ4n) is 0.345. The molecular formula is C6H11NO. The molecule has 0 rings (SSSR count). The van der Waals surface area contributed by atoms with Crippen LogP contribution in [0.4, 0.5) is 0 Å². The van der Waals surface area contributed by atoms with Gasteiger partial charge in [0.25, 0.3) is 0 Å². The Morgan fingerprint density at radius 1 is 1.88 bits per heavy atom. The van der Waals surface area contributed by atoms with Gasteiger partial charge in [-0.3, -0.25) is 4.79 Å². The quantitative estimate of drug-likeness (QED) is 0.558. The summed E-state index contributed by atoms with van der Waals surface area (Å²) in [5.74, 6) is -0.445. The first-order valence-corrected chi connectivity index (χ1v) is 2.72. The normalized spacial score (nSPS) is 12.9. The molecule has 0 spiro atoms. The average molecular weight is 113 g/mol. The van der Waals surface area contributed by atoms with E-state index in [2.05, 4.69) is 5.32 Å². The highest BCUT2D eigenvalue weighted by atomic mass is 16.1. The van der Waals surface area contributed by atoms with Crippen molar-refractivity contribution in [2.45, 2.75) is 26.3 Å². The van der Waals surface area contributed by atoms with Crippen LogP contribution in [-0.2, 0) is 4.79 Å². The summed E-state index contributed by atoms with van der Waals surface area (Å²) in [6, 6.07) is 0.201. The van der Waals surface area contributed by atoms with E-state index in [0.717, 1.165) is 6.42 Å². The number of rotatable bonds is 2. The van der Waals surface area contributed by atoms with E-state index in [1.807, 2.05) is 13.8 Å². The van der Waals surface area contributed by atoms with Gasteiger partial charge in [-0.25, -0.2) is 0 Å². The molecule has 0 aliphatic carbocycles. The Morgan fingerprint density at radius 3 is 2.50 bits per heavy atom. The van der Waals surface area contributed by atoms with Crippen LogP contribution in [0.1, 0.15) is 20.3 Å². The molecule has 0 aliphatic rings. The van der Waals surface area contributed by atoms with Gasteiger partial charge in [0.1, 0.15) is 0 Å². The molecule has 2 radical (unpaired) electrons. The van der Waals surface area contributed by atoms with Gasteiger partial charge in [0.05, 0.1) is 6.92 Å². The van der Waals surface area contributed by atoms with Crippen molar-refractivity contribution >= 4 is 5.91 Å². The van der Waals surface area contributed by atoms with E-state index in [-0.39, 0.29) is 6.04 Å². The van der Waals surface area contributed by atoms with Crippen LogP contribution in [0.3, 0.4) is 0 Å². The van der Waals surface area contributed by atoms with E-state index in [1.165, 1.54) is 0 Å². The molecule has 0 aliphatic heterocycles. The van der Waals surface area contributed by atoms with Crippen LogP contribution in [0.15, 0.2) is 0 Å². The van der Waals surface area contributed by atoms with Crippen LogP contribution >= 0.6 is 0 Å². The number of carbonyl (C=O) groups excluding carboxylic acids is 1.